The topological polar surface area (TPSA) is 223 Å². The van der Waals surface area contributed by atoms with Crippen LogP contribution in [0.1, 0.15) is 11.6 Å². The number of ether oxygens (including phenoxy) is 2. The molecule has 0 radical (unpaired) electrons. The lowest BCUT2D eigenvalue weighted by molar-refractivity contribution is 0.0115. The lowest BCUT2D eigenvalue weighted by Gasteiger charge is -2.21. The third-order valence-corrected chi connectivity index (χ3v) is 9.96. The predicted molar refractivity (Wildman–Crippen MR) is 162 cm³/mol. The average Bonchev–Trinajstić information content (AvgIpc) is 3.63. The van der Waals surface area contributed by atoms with Crippen LogP contribution in [0.15, 0.2) is 23.4 Å². The number of rotatable bonds is 4. The van der Waals surface area contributed by atoms with Gasteiger partial charge in [-0.1, -0.05) is 24.5 Å². The Bertz CT molecular complexity index is 1920. The molecule has 6 heterocycles. The first-order valence-corrected chi connectivity index (χ1v) is 18.5. The second-order valence-electron chi connectivity index (χ2n) is 9.72. The third-order valence-electron chi connectivity index (χ3n) is 6.68. The van der Waals surface area contributed by atoms with E-state index in [-0.39, 0.29) is 42.7 Å². The highest BCUT2D eigenvalue weighted by Gasteiger charge is 2.48. The van der Waals surface area contributed by atoms with Gasteiger partial charge >= 0.3 is 13.6 Å². The lowest BCUT2D eigenvalue weighted by Crippen LogP contribution is -2.32. The zero-order valence-electron chi connectivity index (χ0n) is 23.2. The molecule has 0 amide bonds. The standard InChI is InChI=1S/C22H26FN9O9P2S2/c1-36-8-14-25-6-11-19(28-14)32-4-5-37-42(34,44)38-7-13-16(23)18(41-43(35,45)39-9-15(32)27-11)12(40-13)2-3-31-10-26-17-20(31)29-22(24)30-21(17)33/h2-3,6,10,12-13,16,18H,4-5,7-9H2,1H3,(H,34,44)(H,35,45)(H3,24,29,30,33)/b3-2+/t12-,13+,16-,18-,42?,43?/m0/s1. The molecule has 1 fully saturated rings. The summed E-state index contributed by atoms with van der Waals surface area (Å²) < 4.78 is 77.9. The number of aromatic amines is 1. The van der Waals surface area contributed by atoms with E-state index >= 15 is 4.39 Å². The van der Waals surface area contributed by atoms with Gasteiger partial charge in [-0.2, -0.15) is 4.98 Å². The summed E-state index contributed by atoms with van der Waals surface area (Å²) in [7, 11) is 1.49. The molecule has 6 atom stereocenters. The Balaban J connectivity index is 1.31. The number of H-pyrrole nitrogens is 1. The van der Waals surface area contributed by atoms with Crippen molar-refractivity contribution < 1.29 is 41.1 Å². The zero-order valence-corrected chi connectivity index (χ0v) is 26.8. The number of nitrogen functional groups attached to an aromatic ring is 1. The van der Waals surface area contributed by atoms with Crippen LogP contribution in [0.4, 0.5) is 10.3 Å². The minimum atomic E-state index is -4.28. The molecule has 4 aromatic heterocycles. The first kappa shape index (κ1) is 32.2. The summed E-state index contributed by atoms with van der Waals surface area (Å²) in [5.74, 6) is 0.455. The largest absolute Gasteiger partial charge is 0.387 e. The van der Waals surface area contributed by atoms with Crippen molar-refractivity contribution in [2.75, 3.05) is 26.1 Å². The minimum Gasteiger partial charge on any atom is -0.377 e. The van der Waals surface area contributed by atoms with Gasteiger partial charge in [0, 0.05) is 19.9 Å². The molecule has 45 heavy (non-hydrogen) atoms. The highest BCUT2D eigenvalue weighted by atomic mass is 32.7. The van der Waals surface area contributed by atoms with Crippen molar-refractivity contribution in [3.8, 4) is 0 Å². The molecule has 2 bridgehead atoms. The molecule has 0 spiro atoms. The monoisotopic (exact) mass is 705 g/mol. The van der Waals surface area contributed by atoms with Crippen molar-refractivity contribution in [1.29, 1.82) is 0 Å². The number of hydrogen-bond acceptors (Lipinski definition) is 15. The van der Waals surface area contributed by atoms with Crippen LogP contribution in [0.5, 0.6) is 0 Å². The van der Waals surface area contributed by atoms with Gasteiger partial charge < -0.3 is 19.8 Å². The maximum atomic E-state index is 15.8. The molecule has 3 N–H and O–H groups in total. The van der Waals surface area contributed by atoms with Crippen LogP contribution in [0.25, 0.3) is 28.5 Å². The molecule has 0 aliphatic carbocycles. The van der Waals surface area contributed by atoms with Gasteiger partial charge in [0.15, 0.2) is 28.8 Å². The third kappa shape index (κ3) is 7.02. The molecule has 1 saturated heterocycles. The summed E-state index contributed by atoms with van der Waals surface area (Å²) in [6, 6.07) is 0. The van der Waals surface area contributed by atoms with Crippen LogP contribution in [0, 0.1) is 0 Å². The van der Waals surface area contributed by atoms with E-state index < -0.39 is 56.9 Å². The number of aromatic nitrogens is 8. The summed E-state index contributed by atoms with van der Waals surface area (Å²) in [4.78, 5) is 35.6. The number of thiol groups is 2. The maximum absolute atomic E-state index is 15.8. The normalized spacial score (nSPS) is 30.0. The number of nitrogens with one attached hydrogen (secondary N) is 1. The van der Waals surface area contributed by atoms with Crippen molar-refractivity contribution in [2.45, 2.75) is 44.2 Å². The molecule has 2 aliphatic heterocycles. The average molecular weight is 706 g/mol. The van der Waals surface area contributed by atoms with Gasteiger partial charge in [0.1, 0.15) is 49.2 Å². The second kappa shape index (κ2) is 12.8. The Kier molecular flexibility index (Phi) is 9.19. The zero-order chi connectivity index (χ0) is 31.9. The minimum absolute atomic E-state index is 0.00906. The van der Waals surface area contributed by atoms with Crippen LogP contribution in [0.3, 0.4) is 0 Å². The van der Waals surface area contributed by atoms with E-state index in [1.165, 1.54) is 36.5 Å². The highest BCUT2D eigenvalue weighted by Crippen LogP contribution is 2.57. The molecular weight excluding hydrogens is 679 g/mol. The number of imidazole rings is 2. The van der Waals surface area contributed by atoms with Crippen molar-refractivity contribution >= 4 is 72.6 Å². The predicted octanol–water partition coefficient (Wildman–Crippen LogP) is 2.29. The van der Waals surface area contributed by atoms with Gasteiger partial charge in [0.05, 0.1) is 19.4 Å². The van der Waals surface area contributed by atoms with Crippen LogP contribution in [-0.4, -0.2) is 83.8 Å². The summed E-state index contributed by atoms with van der Waals surface area (Å²) in [6.07, 6.45) is -0.548. The number of nitrogens with two attached hydrogens (primary N) is 1. The summed E-state index contributed by atoms with van der Waals surface area (Å²) >= 11 is 8.09. The van der Waals surface area contributed by atoms with E-state index in [1.807, 2.05) is 0 Å². The van der Waals surface area contributed by atoms with Gasteiger partial charge in [0.25, 0.3) is 5.56 Å². The van der Waals surface area contributed by atoms with Gasteiger partial charge in [-0.05, 0) is 6.08 Å². The quantitative estimate of drug-likeness (QED) is 0.177. The van der Waals surface area contributed by atoms with E-state index in [2.05, 4.69) is 54.4 Å². The van der Waals surface area contributed by atoms with Crippen LogP contribution in [-0.2, 0) is 56.5 Å². The van der Waals surface area contributed by atoms with Gasteiger partial charge in [-0.15, -0.1) is 0 Å². The molecule has 242 valence electrons. The van der Waals surface area contributed by atoms with Crippen molar-refractivity contribution in [1.82, 2.24) is 39.0 Å². The van der Waals surface area contributed by atoms with E-state index in [1.54, 1.807) is 4.57 Å². The van der Waals surface area contributed by atoms with E-state index in [4.69, 9.17) is 33.3 Å². The molecule has 23 heteroatoms. The van der Waals surface area contributed by atoms with Gasteiger partial charge in [-0.3, -0.25) is 32.4 Å². The maximum Gasteiger partial charge on any atom is 0.387 e. The second-order valence-corrected chi connectivity index (χ2v) is 15.5. The Morgan fingerprint density at radius 2 is 2.00 bits per heavy atom. The number of methoxy groups -OCH3 is 1. The Labute approximate surface area is 263 Å². The van der Waals surface area contributed by atoms with Crippen molar-refractivity contribution in [3.63, 3.8) is 0 Å². The van der Waals surface area contributed by atoms with Crippen LogP contribution in [0.2, 0.25) is 0 Å². The molecule has 18 nitrogen and oxygen atoms in total. The SMILES string of the molecule is COCc1ncc2nc3n(c2n1)CCOP(=O)(S)OC[C@H]1O[C@@H](/C=C/n2cnc4c(=O)[nH]c(N)nc42)[C@H](OP(=O)(S)OC3)[C@H]1F. The summed E-state index contributed by atoms with van der Waals surface area (Å²) in [5, 5.41) is 0. The van der Waals surface area contributed by atoms with Gasteiger partial charge in [0.2, 0.25) is 5.95 Å². The molecule has 0 saturated carbocycles. The molecular formula is C22H26FN9O9P2S2. The molecule has 2 aliphatic rings. The molecule has 2 unspecified atom stereocenters. The Morgan fingerprint density at radius 1 is 1.18 bits per heavy atom. The highest BCUT2D eigenvalue weighted by molar-refractivity contribution is 8.44. The number of anilines is 1. The summed E-state index contributed by atoms with van der Waals surface area (Å²) in [6.45, 7) is -9.24. The van der Waals surface area contributed by atoms with E-state index in [9.17, 15) is 13.9 Å². The fourth-order valence-corrected chi connectivity index (χ4v) is 7.25. The Hall–Kier alpha value is -2.71. The molecule has 4 aromatic rings. The van der Waals surface area contributed by atoms with Crippen molar-refractivity contribution in [2.24, 2.45) is 0 Å². The molecule has 0 aromatic carbocycles. The van der Waals surface area contributed by atoms with E-state index in [0.29, 0.717) is 17.0 Å². The first-order valence-electron chi connectivity index (χ1n) is 13.1. The Morgan fingerprint density at radius 3 is 2.80 bits per heavy atom. The number of hydrogen-bond donors (Lipinski definition) is 4. The van der Waals surface area contributed by atoms with Crippen LogP contribution >= 0.6 is 38.1 Å². The van der Waals surface area contributed by atoms with E-state index in [0.717, 1.165) is 0 Å². The first-order chi connectivity index (χ1) is 21.4. The number of halogens is 1. The fraction of sp³-hybridized carbons (Fsp3) is 0.455. The molecule has 6 rings (SSSR count). The van der Waals surface area contributed by atoms with Crippen LogP contribution < -0.4 is 11.3 Å². The fourth-order valence-electron chi connectivity index (χ4n) is 4.70. The number of nitrogens with zero attached hydrogens (tertiary/aromatic N) is 7. The lowest BCUT2D eigenvalue weighted by atomic mass is 10.1. The smallest absolute Gasteiger partial charge is 0.377 e. The van der Waals surface area contributed by atoms with Crippen molar-refractivity contribution in [3.05, 3.63) is 40.6 Å². The number of fused-ring (bicyclic) bond motifs is 6. The number of alkyl halides is 1. The summed E-state index contributed by atoms with van der Waals surface area (Å²) in [5.41, 5.74) is 5.98. The van der Waals surface area contributed by atoms with Gasteiger partial charge in [-0.25, -0.2) is 33.5 Å².